The first kappa shape index (κ1) is 26.8. The van der Waals surface area contributed by atoms with Crippen molar-refractivity contribution in [3.05, 3.63) is 130 Å². The van der Waals surface area contributed by atoms with Crippen LogP contribution < -0.4 is 5.30 Å². The summed E-state index contributed by atoms with van der Waals surface area (Å²) in [4.78, 5) is 4.16. The van der Waals surface area contributed by atoms with Crippen LogP contribution in [0.15, 0.2) is 96.0 Å². The molecule has 4 heteroatoms. The lowest BCUT2D eigenvalue weighted by atomic mass is 9.88. The fourth-order valence-electron chi connectivity index (χ4n) is 5.02. The first-order chi connectivity index (χ1) is 17.9. The fourth-order valence-corrected chi connectivity index (χ4v) is 6.76. The minimum absolute atomic E-state index is 0.265. The number of aliphatic imine (C=N–C) groups is 1. The SMILES string of the molecule is CCCC(C)(Pc1ccc(F)cc1C=NC)c1cc(Cc2ccccc2)cc(Cc2ccccc2)c1O. The quantitative estimate of drug-likeness (QED) is 0.171. The highest BCUT2D eigenvalue weighted by atomic mass is 31.1. The molecule has 4 aromatic rings. The van der Waals surface area contributed by atoms with E-state index in [9.17, 15) is 9.50 Å². The normalized spacial score (nSPS) is 13.4. The molecular weight excluding hydrogens is 476 g/mol. The molecule has 0 saturated heterocycles. The third kappa shape index (κ3) is 6.73. The van der Waals surface area contributed by atoms with E-state index in [1.807, 2.05) is 30.3 Å². The molecule has 2 atom stereocenters. The van der Waals surface area contributed by atoms with Crippen molar-refractivity contribution in [2.45, 2.75) is 44.7 Å². The van der Waals surface area contributed by atoms with Crippen LogP contribution >= 0.6 is 8.58 Å². The molecule has 2 unspecified atom stereocenters. The maximum absolute atomic E-state index is 14.1. The molecule has 4 aromatic carbocycles. The number of phenolic OH excluding ortho intramolecular Hbond substituents is 1. The van der Waals surface area contributed by atoms with Crippen molar-refractivity contribution >= 4 is 20.1 Å². The molecule has 0 aliphatic carbocycles. The van der Waals surface area contributed by atoms with Crippen molar-refractivity contribution in [3.63, 3.8) is 0 Å². The number of hydrogen-bond donors (Lipinski definition) is 1. The molecule has 0 aromatic heterocycles. The van der Waals surface area contributed by atoms with E-state index in [4.69, 9.17) is 0 Å². The van der Waals surface area contributed by atoms with Crippen molar-refractivity contribution in [2.24, 2.45) is 4.99 Å². The first-order valence-corrected chi connectivity index (χ1v) is 13.8. The highest BCUT2D eigenvalue weighted by molar-refractivity contribution is 7.48. The van der Waals surface area contributed by atoms with Gasteiger partial charge in [-0.05, 0) is 52.5 Å². The number of hydrogen-bond acceptors (Lipinski definition) is 2. The van der Waals surface area contributed by atoms with E-state index in [1.165, 1.54) is 22.8 Å². The van der Waals surface area contributed by atoms with Crippen molar-refractivity contribution in [1.29, 1.82) is 0 Å². The van der Waals surface area contributed by atoms with E-state index in [0.717, 1.165) is 41.3 Å². The molecule has 2 nitrogen and oxygen atoms in total. The molecule has 0 aliphatic heterocycles. The standard InChI is InChI=1S/C33H35FNOP/c1-4-17-33(2,37-31-16-15-29(34)22-28(31)23-35-3)30-21-26(18-24-11-7-5-8-12-24)20-27(32(30)36)19-25-13-9-6-10-14-25/h5-16,20-23,36-37H,4,17-19H2,1-3H3. The molecule has 0 bridgehead atoms. The summed E-state index contributed by atoms with van der Waals surface area (Å²) in [6.07, 6.45) is 5.06. The van der Waals surface area contributed by atoms with Crippen molar-refractivity contribution < 1.29 is 9.50 Å². The lowest BCUT2D eigenvalue weighted by Crippen LogP contribution is -2.22. The Kier molecular flexibility index (Phi) is 8.90. The van der Waals surface area contributed by atoms with E-state index < -0.39 is 0 Å². The molecular formula is C33H35FNOP. The Hall–Kier alpha value is -3.29. The summed E-state index contributed by atoms with van der Waals surface area (Å²) < 4.78 is 14.1. The Morgan fingerprint density at radius 3 is 2.14 bits per heavy atom. The van der Waals surface area contributed by atoms with Crippen LogP contribution in [0.3, 0.4) is 0 Å². The summed E-state index contributed by atoms with van der Waals surface area (Å²) in [5.41, 5.74) is 6.30. The van der Waals surface area contributed by atoms with E-state index in [1.54, 1.807) is 19.3 Å². The summed E-state index contributed by atoms with van der Waals surface area (Å²) in [6.45, 7) is 4.41. The molecule has 1 N–H and O–H groups in total. The van der Waals surface area contributed by atoms with E-state index >= 15 is 0 Å². The lowest BCUT2D eigenvalue weighted by molar-refractivity contribution is 0.447. The van der Waals surface area contributed by atoms with Crippen LogP contribution in [0.2, 0.25) is 0 Å². The number of nitrogens with zero attached hydrogens (tertiary/aromatic N) is 1. The molecule has 0 spiro atoms. The van der Waals surface area contributed by atoms with Gasteiger partial charge in [-0.2, -0.15) is 0 Å². The Bertz CT molecular complexity index is 1350. The van der Waals surface area contributed by atoms with Gasteiger partial charge in [0.25, 0.3) is 0 Å². The third-order valence-electron chi connectivity index (χ3n) is 6.77. The average molecular weight is 512 g/mol. The number of benzene rings is 4. The van der Waals surface area contributed by atoms with Crippen LogP contribution in [0.1, 0.15) is 60.1 Å². The van der Waals surface area contributed by atoms with E-state index in [2.05, 4.69) is 67.4 Å². The van der Waals surface area contributed by atoms with Gasteiger partial charge in [-0.15, -0.1) is 0 Å². The van der Waals surface area contributed by atoms with Gasteiger partial charge in [0, 0.05) is 36.0 Å². The van der Waals surface area contributed by atoms with Crippen molar-refractivity contribution in [2.75, 3.05) is 7.05 Å². The van der Waals surface area contributed by atoms with Crippen LogP contribution in [0.25, 0.3) is 0 Å². The Morgan fingerprint density at radius 1 is 0.865 bits per heavy atom. The van der Waals surface area contributed by atoms with Crippen LogP contribution in [0, 0.1) is 5.82 Å². The monoisotopic (exact) mass is 511 g/mol. The van der Waals surface area contributed by atoms with E-state index in [-0.39, 0.29) is 11.0 Å². The molecule has 4 rings (SSSR count). The topological polar surface area (TPSA) is 32.6 Å². The largest absolute Gasteiger partial charge is 0.507 e. The molecule has 0 radical (unpaired) electrons. The number of halogens is 1. The maximum atomic E-state index is 14.1. The Balaban J connectivity index is 1.83. The molecule has 0 aliphatic rings. The Morgan fingerprint density at radius 2 is 1.51 bits per heavy atom. The summed E-state index contributed by atoms with van der Waals surface area (Å²) in [5, 5.41) is 12.5. The second-order valence-electron chi connectivity index (χ2n) is 9.80. The first-order valence-electron chi connectivity index (χ1n) is 12.8. The molecule has 0 heterocycles. The highest BCUT2D eigenvalue weighted by Crippen LogP contribution is 2.49. The summed E-state index contributed by atoms with van der Waals surface area (Å²) in [6, 6.07) is 30.0. The van der Waals surface area contributed by atoms with Gasteiger partial charge in [0.1, 0.15) is 11.6 Å². The van der Waals surface area contributed by atoms with E-state index in [0.29, 0.717) is 20.8 Å². The summed E-state index contributed by atoms with van der Waals surface area (Å²) in [5.74, 6) is 0.107. The van der Waals surface area contributed by atoms with Crippen LogP contribution in [-0.4, -0.2) is 18.4 Å². The van der Waals surface area contributed by atoms with Gasteiger partial charge in [0.05, 0.1) is 0 Å². The summed E-state index contributed by atoms with van der Waals surface area (Å²) in [7, 11) is 2.05. The van der Waals surface area contributed by atoms with Gasteiger partial charge in [-0.25, -0.2) is 4.39 Å². The van der Waals surface area contributed by atoms with Crippen LogP contribution in [0.4, 0.5) is 4.39 Å². The van der Waals surface area contributed by atoms with Gasteiger partial charge in [-0.3, -0.25) is 4.99 Å². The van der Waals surface area contributed by atoms with Gasteiger partial charge in [0.15, 0.2) is 0 Å². The van der Waals surface area contributed by atoms with Gasteiger partial charge in [-0.1, -0.05) is 108 Å². The smallest absolute Gasteiger partial charge is 0.123 e. The zero-order valence-corrected chi connectivity index (χ0v) is 22.8. The van der Waals surface area contributed by atoms with Gasteiger partial charge < -0.3 is 5.11 Å². The summed E-state index contributed by atoms with van der Waals surface area (Å²) >= 11 is 0. The number of phenols is 1. The van der Waals surface area contributed by atoms with Crippen molar-refractivity contribution in [1.82, 2.24) is 0 Å². The molecule has 37 heavy (non-hydrogen) atoms. The minimum Gasteiger partial charge on any atom is -0.507 e. The lowest BCUT2D eigenvalue weighted by Gasteiger charge is -2.33. The minimum atomic E-state index is -0.314. The van der Waals surface area contributed by atoms with Gasteiger partial charge >= 0.3 is 0 Å². The Labute approximate surface area is 222 Å². The molecule has 0 fully saturated rings. The second-order valence-corrected chi connectivity index (χ2v) is 11.7. The van der Waals surface area contributed by atoms with Crippen LogP contribution in [-0.2, 0) is 18.0 Å². The fraction of sp³-hybridized carbons (Fsp3) is 0.242. The zero-order chi connectivity index (χ0) is 26.3. The highest BCUT2D eigenvalue weighted by Gasteiger charge is 2.31. The second kappa shape index (κ2) is 12.3. The van der Waals surface area contributed by atoms with Crippen molar-refractivity contribution in [3.8, 4) is 5.75 Å². The average Bonchev–Trinajstić information content (AvgIpc) is 2.89. The number of rotatable bonds is 10. The predicted molar refractivity (Wildman–Crippen MR) is 157 cm³/mol. The molecule has 190 valence electrons. The van der Waals surface area contributed by atoms with Gasteiger partial charge in [0.2, 0.25) is 0 Å². The number of aromatic hydroxyl groups is 1. The molecule has 0 saturated carbocycles. The third-order valence-corrected chi connectivity index (χ3v) is 8.57. The predicted octanol–water partition coefficient (Wildman–Crippen LogP) is 7.78. The zero-order valence-electron chi connectivity index (χ0n) is 21.8. The molecule has 0 amide bonds. The maximum Gasteiger partial charge on any atom is 0.123 e. The van der Waals surface area contributed by atoms with Crippen LogP contribution in [0.5, 0.6) is 5.75 Å².